The summed E-state index contributed by atoms with van der Waals surface area (Å²) in [5.41, 5.74) is 6.49. The highest BCUT2D eigenvalue weighted by Gasteiger charge is 2.13. The summed E-state index contributed by atoms with van der Waals surface area (Å²) in [6.45, 7) is 6.63. The van der Waals surface area contributed by atoms with Crippen molar-refractivity contribution < 1.29 is 8.42 Å². The first-order chi connectivity index (χ1) is 8.92. The molecular weight excluding hydrogens is 284 g/mol. The van der Waals surface area contributed by atoms with Gasteiger partial charge in [0.2, 0.25) is 10.0 Å². The molecule has 1 aromatic heterocycles. The molecule has 0 aliphatic rings. The molecule has 0 fully saturated rings. The first-order valence-electron chi connectivity index (χ1n) is 5.63. The summed E-state index contributed by atoms with van der Waals surface area (Å²) >= 11 is 1.18. The molecule has 1 rings (SSSR count). The van der Waals surface area contributed by atoms with Gasteiger partial charge >= 0.3 is 0 Å². The zero-order chi connectivity index (χ0) is 14.3. The minimum absolute atomic E-state index is 0.240. The Kier molecular flexibility index (Phi) is 6.00. The highest BCUT2D eigenvalue weighted by molar-refractivity contribution is 7.91. The summed E-state index contributed by atoms with van der Waals surface area (Å²) in [5.74, 6) is 0.276. The Labute approximate surface area is 117 Å². The van der Waals surface area contributed by atoms with Gasteiger partial charge in [0.1, 0.15) is 4.21 Å². The maximum Gasteiger partial charge on any atom is 0.250 e. The van der Waals surface area contributed by atoms with Crippen molar-refractivity contribution in [3.8, 4) is 0 Å². The van der Waals surface area contributed by atoms with E-state index >= 15 is 0 Å². The summed E-state index contributed by atoms with van der Waals surface area (Å²) in [4.78, 5) is 4.02. The molecule has 6 nitrogen and oxygen atoms in total. The molecule has 1 heterocycles. The highest BCUT2D eigenvalue weighted by atomic mass is 32.2. The van der Waals surface area contributed by atoms with Crippen molar-refractivity contribution in [2.75, 3.05) is 19.6 Å². The van der Waals surface area contributed by atoms with Crippen molar-refractivity contribution >= 4 is 27.3 Å². The van der Waals surface area contributed by atoms with E-state index in [1.807, 2.05) is 6.92 Å². The molecule has 0 aliphatic carbocycles. The molecule has 0 aliphatic heterocycles. The molecule has 19 heavy (non-hydrogen) atoms. The van der Waals surface area contributed by atoms with E-state index < -0.39 is 10.0 Å². The quantitative estimate of drug-likeness (QED) is 0.296. The third-order valence-corrected chi connectivity index (χ3v) is 4.86. The molecule has 4 N–H and O–H groups in total. The summed E-state index contributed by atoms with van der Waals surface area (Å²) in [7, 11) is -3.41. The Balaban J connectivity index is 2.32. The lowest BCUT2D eigenvalue weighted by atomic mass is 10.4. The van der Waals surface area contributed by atoms with Gasteiger partial charge in [0.25, 0.3) is 0 Å². The van der Waals surface area contributed by atoms with Gasteiger partial charge in [-0.05, 0) is 18.4 Å². The van der Waals surface area contributed by atoms with Gasteiger partial charge in [-0.2, -0.15) is 0 Å². The number of nitrogens with two attached hydrogens (primary N) is 1. The molecule has 1 aromatic rings. The third-order valence-electron chi connectivity index (χ3n) is 2.00. The molecule has 0 unspecified atom stereocenters. The smallest absolute Gasteiger partial charge is 0.250 e. The zero-order valence-electron chi connectivity index (χ0n) is 10.7. The fraction of sp³-hybridized carbons (Fsp3) is 0.364. The van der Waals surface area contributed by atoms with Crippen LogP contribution in [0, 0.1) is 0 Å². The van der Waals surface area contributed by atoms with Crippen molar-refractivity contribution in [2.45, 2.75) is 11.1 Å². The molecule has 8 heteroatoms. The SMILES string of the molecule is C=C(C)CN=C(N)NCCNS(=O)(=O)c1cccs1. The summed E-state index contributed by atoms with van der Waals surface area (Å²) < 4.78 is 26.3. The molecule has 0 saturated heterocycles. The Hall–Kier alpha value is -1.38. The van der Waals surface area contributed by atoms with Crippen molar-refractivity contribution in [2.24, 2.45) is 10.7 Å². The van der Waals surface area contributed by atoms with Gasteiger partial charge in [-0.25, -0.2) is 18.1 Å². The van der Waals surface area contributed by atoms with Crippen LogP contribution in [0.15, 0.2) is 38.9 Å². The van der Waals surface area contributed by atoms with E-state index in [-0.39, 0.29) is 12.5 Å². The van der Waals surface area contributed by atoms with E-state index in [9.17, 15) is 8.42 Å². The Morgan fingerprint density at radius 2 is 2.26 bits per heavy atom. The number of thiophene rings is 1. The van der Waals surface area contributed by atoms with Crippen molar-refractivity contribution in [3.05, 3.63) is 29.7 Å². The average Bonchev–Trinajstić information content (AvgIpc) is 2.86. The second-order valence-electron chi connectivity index (χ2n) is 3.92. The first-order valence-corrected chi connectivity index (χ1v) is 7.99. The van der Waals surface area contributed by atoms with Crippen LogP contribution in [0.3, 0.4) is 0 Å². The zero-order valence-corrected chi connectivity index (χ0v) is 12.4. The number of rotatable bonds is 7. The molecule has 106 valence electrons. The molecule has 0 bridgehead atoms. The maximum atomic E-state index is 11.8. The summed E-state index contributed by atoms with van der Waals surface area (Å²) in [6, 6.07) is 3.25. The third kappa shape index (κ3) is 5.86. The second kappa shape index (κ2) is 7.27. The Morgan fingerprint density at radius 1 is 1.53 bits per heavy atom. The number of nitrogens with one attached hydrogen (secondary N) is 2. The fourth-order valence-electron chi connectivity index (χ4n) is 1.14. The van der Waals surface area contributed by atoms with Crippen molar-refractivity contribution in [1.82, 2.24) is 10.0 Å². The van der Waals surface area contributed by atoms with E-state index in [0.717, 1.165) is 5.57 Å². The molecular formula is C11H18N4O2S2. The van der Waals surface area contributed by atoms with E-state index in [1.54, 1.807) is 17.5 Å². The number of guanidine groups is 1. The van der Waals surface area contributed by atoms with E-state index in [2.05, 4.69) is 21.6 Å². The normalized spacial score (nSPS) is 12.4. The molecule has 0 radical (unpaired) electrons. The maximum absolute atomic E-state index is 11.8. The van der Waals surface area contributed by atoms with Crippen molar-refractivity contribution in [3.63, 3.8) is 0 Å². The van der Waals surface area contributed by atoms with Crippen LogP contribution < -0.4 is 15.8 Å². The first kappa shape index (κ1) is 15.7. The highest BCUT2D eigenvalue weighted by Crippen LogP contribution is 2.14. The Morgan fingerprint density at radius 3 is 2.84 bits per heavy atom. The molecule has 0 spiro atoms. The van der Waals surface area contributed by atoms with E-state index in [1.165, 1.54) is 11.3 Å². The minimum atomic E-state index is -3.41. The summed E-state index contributed by atoms with van der Waals surface area (Å²) in [5, 5.41) is 4.54. The van der Waals surface area contributed by atoms with Gasteiger partial charge in [0.05, 0.1) is 6.54 Å². The average molecular weight is 302 g/mol. The van der Waals surface area contributed by atoms with Gasteiger partial charge in [-0.1, -0.05) is 18.2 Å². The topological polar surface area (TPSA) is 96.6 Å². The number of aliphatic imine (C=N–C) groups is 1. The lowest BCUT2D eigenvalue weighted by molar-refractivity contribution is 0.583. The van der Waals surface area contributed by atoms with Gasteiger partial charge < -0.3 is 11.1 Å². The lowest BCUT2D eigenvalue weighted by Crippen LogP contribution is -2.38. The second-order valence-corrected chi connectivity index (χ2v) is 6.86. The van der Waals surface area contributed by atoms with Crippen LogP contribution >= 0.6 is 11.3 Å². The predicted octanol–water partition coefficient (Wildman–Crippen LogP) is 0.507. The molecule has 0 saturated carbocycles. The number of hydrogen-bond donors (Lipinski definition) is 3. The van der Waals surface area contributed by atoms with Crippen molar-refractivity contribution in [1.29, 1.82) is 0 Å². The monoisotopic (exact) mass is 302 g/mol. The number of nitrogens with zero attached hydrogens (tertiary/aromatic N) is 1. The number of hydrogen-bond acceptors (Lipinski definition) is 4. The van der Waals surface area contributed by atoms with Crippen LogP contribution in [-0.4, -0.2) is 34.0 Å². The van der Waals surface area contributed by atoms with Crippen LogP contribution in [0.4, 0.5) is 0 Å². The van der Waals surface area contributed by atoms with Crippen LogP contribution in [0.2, 0.25) is 0 Å². The number of sulfonamides is 1. The minimum Gasteiger partial charge on any atom is -0.370 e. The van der Waals surface area contributed by atoms with Crippen LogP contribution in [0.25, 0.3) is 0 Å². The largest absolute Gasteiger partial charge is 0.370 e. The summed E-state index contributed by atoms with van der Waals surface area (Å²) in [6.07, 6.45) is 0. The van der Waals surface area contributed by atoms with Crippen LogP contribution in [0.5, 0.6) is 0 Å². The van der Waals surface area contributed by atoms with E-state index in [4.69, 9.17) is 5.73 Å². The standard InChI is InChI=1S/C11H18N4O2S2/c1-9(2)8-14-11(12)13-5-6-15-19(16,17)10-4-3-7-18-10/h3-4,7,15H,1,5-6,8H2,2H3,(H3,12,13,14). The predicted molar refractivity (Wildman–Crippen MR) is 78.8 cm³/mol. The Bertz CT molecular complexity index is 535. The fourth-order valence-corrected chi connectivity index (χ4v) is 3.21. The van der Waals surface area contributed by atoms with E-state index in [0.29, 0.717) is 17.3 Å². The van der Waals surface area contributed by atoms with Gasteiger partial charge in [0.15, 0.2) is 5.96 Å². The van der Waals surface area contributed by atoms with Crippen LogP contribution in [-0.2, 0) is 10.0 Å². The molecule has 0 atom stereocenters. The van der Waals surface area contributed by atoms with Crippen LogP contribution in [0.1, 0.15) is 6.92 Å². The lowest BCUT2D eigenvalue weighted by Gasteiger charge is -2.07. The van der Waals surface area contributed by atoms with Gasteiger partial charge in [-0.15, -0.1) is 11.3 Å². The molecule has 0 amide bonds. The van der Waals surface area contributed by atoms with Gasteiger partial charge in [0, 0.05) is 13.1 Å². The molecule has 0 aromatic carbocycles. The van der Waals surface area contributed by atoms with Gasteiger partial charge in [-0.3, -0.25) is 0 Å².